The Kier molecular flexibility index (Phi) is 34.2. The Bertz CT molecular complexity index is 1670. The number of nitrogens with one attached hydrogen (secondary N) is 2. The molecule has 23 heteroatoms. The van der Waals surface area contributed by atoms with Gasteiger partial charge in [0.05, 0.1) is 50.7 Å². The fourth-order valence-electron chi connectivity index (χ4n) is 10.2. The van der Waals surface area contributed by atoms with Crippen molar-refractivity contribution < 1.29 is 104 Å². The highest BCUT2D eigenvalue weighted by Crippen LogP contribution is 2.38. The van der Waals surface area contributed by atoms with Crippen molar-refractivity contribution in [1.29, 1.82) is 0 Å². The highest BCUT2D eigenvalue weighted by molar-refractivity contribution is 5.77. The third kappa shape index (κ3) is 23.0. The van der Waals surface area contributed by atoms with Crippen LogP contribution >= 0.6 is 0 Å². The summed E-state index contributed by atoms with van der Waals surface area (Å²) < 4.78 is 34.6. The largest absolute Gasteiger partial charge is 0.477 e. The highest BCUT2D eigenvalue weighted by Gasteiger charge is 2.60. The van der Waals surface area contributed by atoms with E-state index in [1.807, 2.05) is 0 Å². The van der Waals surface area contributed by atoms with Gasteiger partial charge in [-0.2, -0.15) is 0 Å². The minimum atomic E-state index is -3.08. The summed E-state index contributed by atoms with van der Waals surface area (Å²) >= 11 is 0. The van der Waals surface area contributed by atoms with Gasteiger partial charge in [-0.15, -0.1) is 0 Å². The van der Waals surface area contributed by atoms with Gasteiger partial charge in [0, 0.05) is 19.8 Å². The van der Waals surface area contributed by atoms with E-state index in [4.69, 9.17) is 28.4 Å². The lowest BCUT2D eigenvalue weighted by Crippen LogP contribution is -2.70. The molecule has 0 aromatic heterocycles. The standard InChI is InChI=1S/C55H100N2O21/c1-4-6-8-10-12-14-15-16-17-18-19-21-22-24-26-28-37(62)36(57-42(65)29-27-25-23-20-13-11-9-7-5-2)34-73-52-47(69)46(68)49(41(33-60)75-52)76-53-48(70)51(45(67)40(32-59)74-53)78-55(54(71)72)30-38(63)43(56-35(3)61)50(77-55)44(66)39(64)31-58/h20,23,36-41,43-53,58-60,62-64,66-70H,4-19,21-22,24-34H2,1-3H3,(H,56,61)(H,57,65)(H,71,72)/b23-20-. The predicted molar refractivity (Wildman–Crippen MR) is 283 cm³/mol. The lowest BCUT2D eigenvalue weighted by Gasteiger charge is -2.50. The Morgan fingerprint density at radius 2 is 1.19 bits per heavy atom. The molecule has 0 radical (unpaired) electrons. The Balaban J connectivity index is 1.68. The molecule has 3 saturated heterocycles. The molecule has 0 aromatic carbocycles. The molecule has 14 N–H and O–H groups in total. The van der Waals surface area contributed by atoms with Crippen molar-refractivity contribution in [3.05, 3.63) is 12.2 Å². The number of allylic oxidation sites excluding steroid dienone is 2. The number of aliphatic hydroxyl groups is 11. The molecule has 2 amide bonds. The molecule has 0 saturated carbocycles. The number of hydrogen-bond donors (Lipinski definition) is 14. The van der Waals surface area contributed by atoms with E-state index >= 15 is 0 Å². The third-order valence-corrected chi connectivity index (χ3v) is 15.0. The van der Waals surface area contributed by atoms with Crippen molar-refractivity contribution in [1.82, 2.24) is 10.6 Å². The molecule has 18 atom stereocenters. The van der Waals surface area contributed by atoms with Gasteiger partial charge in [0.1, 0.15) is 67.1 Å². The van der Waals surface area contributed by atoms with Gasteiger partial charge >= 0.3 is 5.97 Å². The number of amides is 2. The molecule has 23 nitrogen and oxygen atoms in total. The fourth-order valence-corrected chi connectivity index (χ4v) is 10.2. The first kappa shape index (κ1) is 69.7. The molecule has 3 aliphatic rings. The van der Waals surface area contributed by atoms with Crippen LogP contribution in [0.15, 0.2) is 12.2 Å². The van der Waals surface area contributed by atoms with E-state index in [1.165, 1.54) is 77.0 Å². The van der Waals surface area contributed by atoms with E-state index in [0.29, 0.717) is 25.7 Å². The second kappa shape index (κ2) is 38.3. The van der Waals surface area contributed by atoms with Crippen LogP contribution < -0.4 is 10.6 Å². The Morgan fingerprint density at radius 3 is 1.73 bits per heavy atom. The van der Waals surface area contributed by atoms with Gasteiger partial charge in [-0.25, -0.2) is 4.79 Å². The molecule has 18 unspecified atom stereocenters. The van der Waals surface area contributed by atoms with Gasteiger partial charge in [-0.1, -0.05) is 142 Å². The summed E-state index contributed by atoms with van der Waals surface area (Å²) in [6, 6.07) is -2.54. The maximum absolute atomic E-state index is 13.3. The molecular formula is C55H100N2O21. The van der Waals surface area contributed by atoms with Crippen LogP contribution in [0.2, 0.25) is 0 Å². The van der Waals surface area contributed by atoms with E-state index in [2.05, 4.69) is 36.6 Å². The van der Waals surface area contributed by atoms with Crippen LogP contribution in [0.4, 0.5) is 0 Å². The van der Waals surface area contributed by atoms with Crippen LogP contribution in [0.3, 0.4) is 0 Å². The lowest BCUT2D eigenvalue weighted by atomic mass is 9.88. The molecule has 0 aromatic rings. The van der Waals surface area contributed by atoms with E-state index in [9.17, 15) is 75.7 Å². The average molecular weight is 1130 g/mol. The second-order valence-corrected chi connectivity index (χ2v) is 21.5. The zero-order valence-corrected chi connectivity index (χ0v) is 46.5. The van der Waals surface area contributed by atoms with Crippen LogP contribution in [0.25, 0.3) is 0 Å². The molecule has 3 rings (SSSR count). The lowest BCUT2D eigenvalue weighted by molar-refractivity contribution is -0.386. The van der Waals surface area contributed by atoms with E-state index in [0.717, 1.165) is 51.9 Å². The topological polar surface area (TPSA) is 373 Å². The SMILES string of the molecule is CCCCCC/C=C\CCCC(=O)NC(COC1OC(CO)C(OC2OC(CO)C(O)C(OC3(C(=O)O)CC(O)C(NC(C)=O)C(C(O)C(O)CO)O3)C2O)C(O)C1O)C(O)CCCCCCCCCCCCCCCCC. The Labute approximate surface area is 461 Å². The first-order valence-electron chi connectivity index (χ1n) is 29.0. The van der Waals surface area contributed by atoms with E-state index in [1.54, 1.807) is 0 Å². The zero-order valence-electron chi connectivity index (χ0n) is 46.5. The number of carboxylic acid groups (broad SMARTS) is 1. The predicted octanol–water partition coefficient (Wildman–Crippen LogP) is 1.61. The van der Waals surface area contributed by atoms with E-state index in [-0.39, 0.29) is 18.9 Å². The minimum absolute atomic E-state index is 0.175. The summed E-state index contributed by atoms with van der Waals surface area (Å²) in [5, 5.41) is 135. The molecule has 78 heavy (non-hydrogen) atoms. The van der Waals surface area contributed by atoms with Gasteiger partial charge in [0.25, 0.3) is 5.79 Å². The number of aliphatic carboxylic acids is 1. The number of carbonyl (C=O) groups is 3. The summed E-state index contributed by atoms with van der Waals surface area (Å²) in [6.45, 7) is 2.09. The van der Waals surface area contributed by atoms with Crippen molar-refractivity contribution in [3.8, 4) is 0 Å². The number of ether oxygens (including phenoxy) is 6. The minimum Gasteiger partial charge on any atom is -0.477 e. The normalized spacial score (nSPS) is 31.2. The van der Waals surface area contributed by atoms with Crippen molar-refractivity contribution in [2.24, 2.45) is 0 Å². The van der Waals surface area contributed by atoms with Crippen molar-refractivity contribution in [3.63, 3.8) is 0 Å². The Hall–Kier alpha value is -2.53. The monoisotopic (exact) mass is 1120 g/mol. The Morgan fingerprint density at radius 1 is 0.654 bits per heavy atom. The maximum atomic E-state index is 13.3. The number of rotatable bonds is 41. The van der Waals surface area contributed by atoms with Crippen molar-refractivity contribution in [2.45, 2.75) is 291 Å². The van der Waals surface area contributed by atoms with Crippen LogP contribution in [-0.4, -0.2) is 215 Å². The highest BCUT2D eigenvalue weighted by atomic mass is 16.8. The quantitative estimate of drug-likeness (QED) is 0.0305. The second-order valence-electron chi connectivity index (χ2n) is 21.5. The molecule has 3 aliphatic heterocycles. The van der Waals surface area contributed by atoms with Gasteiger partial charge < -0.3 is 100 Å². The van der Waals surface area contributed by atoms with E-state index < -0.39 is 148 Å². The molecule has 3 fully saturated rings. The number of hydrogen-bond acceptors (Lipinski definition) is 20. The van der Waals surface area contributed by atoms with Crippen molar-refractivity contribution in [2.75, 3.05) is 26.4 Å². The van der Waals surface area contributed by atoms with Gasteiger partial charge in [-0.3, -0.25) is 9.59 Å². The summed E-state index contributed by atoms with van der Waals surface area (Å²) in [4.78, 5) is 38.2. The van der Waals surface area contributed by atoms with Crippen LogP contribution in [0, 0.1) is 0 Å². The number of carboxylic acids is 1. The van der Waals surface area contributed by atoms with Gasteiger partial charge in [0.2, 0.25) is 11.8 Å². The molecule has 456 valence electrons. The number of carbonyl (C=O) groups excluding carboxylic acids is 2. The first-order valence-corrected chi connectivity index (χ1v) is 29.0. The van der Waals surface area contributed by atoms with Crippen LogP contribution in [-0.2, 0) is 42.8 Å². The summed E-state index contributed by atoms with van der Waals surface area (Å²) in [7, 11) is 0. The average Bonchev–Trinajstić information content (AvgIpc) is 3.51. The summed E-state index contributed by atoms with van der Waals surface area (Å²) in [6.07, 6.45) is -0.0629. The molecule has 3 heterocycles. The first-order chi connectivity index (χ1) is 37.4. The molecule has 0 bridgehead atoms. The van der Waals surface area contributed by atoms with Crippen LogP contribution in [0.5, 0.6) is 0 Å². The fraction of sp³-hybridized carbons (Fsp3) is 0.909. The summed E-state index contributed by atoms with van der Waals surface area (Å²) in [5.74, 6) is -6.14. The zero-order chi connectivity index (χ0) is 57.6. The maximum Gasteiger partial charge on any atom is 0.364 e. The number of unbranched alkanes of at least 4 members (excludes halogenated alkanes) is 19. The molecular weight excluding hydrogens is 1020 g/mol. The molecule has 0 spiro atoms. The molecule has 0 aliphatic carbocycles. The van der Waals surface area contributed by atoms with Crippen LogP contribution in [0.1, 0.15) is 181 Å². The van der Waals surface area contributed by atoms with Crippen molar-refractivity contribution >= 4 is 17.8 Å². The van der Waals surface area contributed by atoms with Gasteiger partial charge in [0.15, 0.2) is 12.6 Å². The third-order valence-electron chi connectivity index (χ3n) is 15.0. The van der Waals surface area contributed by atoms with Gasteiger partial charge in [-0.05, 0) is 32.1 Å². The number of aliphatic hydroxyl groups excluding tert-OH is 11. The smallest absolute Gasteiger partial charge is 0.364 e. The summed E-state index contributed by atoms with van der Waals surface area (Å²) in [5.41, 5.74) is 0.